The van der Waals surface area contributed by atoms with Gasteiger partial charge in [-0.15, -0.1) is 0 Å². The van der Waals surface area contributed by atoms with Gasteiger partial charge in [0.25, 0.3) is 0 Å². The maximum Gasteiger partial charge on any atom is 0.343 e. The molecule has 1 unspecified atom stereocenters. The zero-order valence-corrected chi connectivity index (χ0v) is 27.1. The Bertz CT molecular complexity index is 1200. The molecule has 3 rings (SSSR count). The van der Waals surface area contributed by atoms with Gasteiger partial charge in [-0.1, -0.05) is 77.6 Å². The second-order valence-electron chi connectivity index (χ2n) is 12.2. The molecule has 0 fully saturated rings. The van der Waals surface area contributed by atoms with E-state index in [1.54, 1.807) is 7.05 Å². The maximum atomic E-state index is 13.0. The van der Waals surface area contributed by atoms with Crippen molar-refractivity contribution in [3.63, 3.8) is 0 Å². The minimum absolute atomic E-state index is 0.0632. The number of unbranched alkanes of at least 4 members (excludes halogenated alkanes) is 13. The number of benzene rings is 1. The first-order valence-electron chi connectivity index (χ1n) is 17.0. The SMILES string of the molecule is CCCCCCCCCCCCCn1c2c(c3cc(OCC(=O)OC)c(CCCCCC#N)cc31)C(C(=O)NC)CCC2. The third-order valence-corrected chi connectivity index (χ3v) is 9.01. The lowest BCUT2D eigenvalue weighted by Gasteiger charge is -2.23. The van der Waals surface area contributed by atoms with Crippen LogP contribution in [0.25, 0.3) is 10.9 Å². The van der Waals surface area contributed by atoms with Gasteiger partial charge in [-0.2, -0.15) is 5.26 Å². The summed E-state index contributed by atoms with van der Waals surface area (Å²) in [5.41, 5.74) is 4.66. The zero-order valence-electron chi connectivity index (χ0n) is 27.1. The van der Waals surface area contributed by atoms with Gasteiger partial charge in [0.15, 0.2) is 6.61 Å². The molecule has 1 aromatic carbocycles. The van der Waals surface area contributed by atoms with Crippen LogP contribution in [0.5, 0.6) is 5.75 Å². The summed E-state index contributed by atoms with van der Waals surface area (Å²) in [5, 5.41) is 12.9. The van der Waals surface area contributed by atoms with E-state index in [0.717, 1.165) is 74.4 Å². The molecule has 0 bridgehead atoms. The highest BCUT2D eigenvalue weighted by Crippen LogP contribution is 2.42. The minimum atomic E-state index is -0.417. The summed E-state index contributed by atoms with van der Waals surface area (Å²) in [6.45, 7) is 3.07. The molecule has 1 aromatic heterocycles. The van der Waals surface area contributed by atoms with Crippen LogP contribution >= 0.6 is 0 Å². The molecule has 2 aromatic rings. The standard InChI is InChI=1S/C36H55N3O4/c1-4-5-6-7-8-9-10-11-12-15-18-24-39-31-22-19-21-29(36(41)38-2)35(31)30-26-33(43-27-34(40)42-3)28(25-32(30)39)20-16-13-14-17-23-37/h25-26,29H,4-22,24,27H2,1-3H3,(H,38,41). The van der Waals surface area contributed by atoms with Gasteiger partial charge in [0.2, 0.25) is 5.91 Å². The lowest BCUT2D eigenvalue weighted by molar-refractivity contribution is -0.142. The molecule has 7 heteroatoms. The average molecular weight is 594 g/mol. The predicted octanol–water partition coefficient (Wildman–Crippen LogP) is 8.30. The molecule has 238 valence electrons. The van der Waals surface area contributed by atoms with Gasteiger partial charge in [0.1, 0.15) is 5.75 Å². The van der Waals surface area contributed by atoms with E-state index in [4.69, 9.17) is 14.7 Å². The van der Waals surface area contributed by atoms with Crippen molar-refractivity contribution in [1.82, 2.24) is 9.88 Å². The highest BCUT2D eigenvalue weighted by molar-refractivity contribution is 5.95. The Morgan fingerprint density at radius 3 is 2.30 bits per heavy atom. The normalized spacial score (nSPS) is 14.3. The van der Waals surface area contributed by atoms with E-state index in [9.17, 15) is 9.59 Å². The third-order valence-electron chi connectivity index (χ3n) is 9.01. The van der Waals surface area contributed by atoms with Gasteiger partial charge < -0.3 is 19.4 Å². The summed E-state index contributed by atoms with van der Waals surface area (Å²) < 4.78 is 13.4. The average Bonchev–Trinajstić information content (AvgIpc) is 3.33. The maximum absolute atomic E-state index is 13.0. The first-order chi connectivity index (χ1) is 21.0. The minimum Gasteiger partial charge on any atom is -0.482 e. The molecule has 1 aliphatic rings. The fourth-order valence-corrected chi connectivity index (χ4v) is 6.62. The van der Waals surface area contributed by atoms with Crippen LogP contribution in [-0.4, -0.2) is 37.2 Å². The molecule has 0 radical (unpaired) electrons. The van der Waals surface area contributed by atoms with Gasteiger partial charge in [0.05, 0.1) is 19.1 Å². The van der Waals surface area contributed by atoms with Crippen molar-refractivity contribution in [3.05, 3.63) is 29.0 Å². The molecule has 7 nitrogen and oxygen atoms in total. The number of aromatic nitrogens is 1. The number of rotatable bonds is 21. The van der Waals surface area contributed by atoms with E-state index in [1.807, 2.05) is 0 Å². The summed E-state index contributed by atoms with van der Waals surface area (Å²) in [7, 11) is 3.08. The molecule has 0 saturated heterocycles. The van der Waals surface area contributed by atoms with Crippen molar-refractivity contribution in [2.75, 3.05) is 20.8 Å². The molecular formula is C36H55N3O4. The molecule has 1 amide bonds. The number of carbonyl (C=O) groups is 2. The van der Waals surface area contributed by atoms with Crippen molar-refractivity contribution in [2.24, 2.45) is 0 Å². The van der Waals surface area contributed by atoms with E-state index in [1.165, 1.54) is 82.5 Å². The molecule has 43 heavy (non-hydrogen) atoms. The number of nitriles is 1. The van der Waals surface area contributed by atoms with E-state index in [2.05, 4.69) is 35.0 Å². The Morgan fingerprint density at radius 2 is 1.65 bits per heavy atom. The van der Waals surface area contributed by atoms with Gasteiger partial charge in [-0.25, -0.2) is 4.79 Å². The predicted molar refractivity (Wildman–Crippen MR) is 173 cm³/mol. The molecule has 0 spiro atoms. The van der Waals surface area contributed by atoms with Crippen molar-refractivity contribution in [2.45, 2.75) is 141 Å². The molecule has 1 aliphatic carbocycles. The highest BCUT2D eigenvalue weighted by Gasteiger charge is 2.32. The van der Waals surface area contributed by atoms with Crippen molar-refractivity contribution >= 4 is 22.8 Å². The number of hydrogen-bond donors (Lipinski definition) is 1. The molecular weight excluding hydrogens is 538 g/mol. The quantitative estimate of drug-likeness (QED) is 0.116. The number of fused-ring (bicyclic) bond motifs is 3. The van der Waals surface area contributed by atoms with Crippen LogP contribution in [0.1, 0.15) is 139 Å². The van der Waals surface area contributed by atoms with Gasteiger partial charge in [0, 0.05) is 36.6 Å². The number of esters is 1. The van der Waals surface area contributed by atoms with Crippen LogP contribution in [0.2, 0.25) is 0 Å². The molecule has 0 saturated carbocycles. The van der Waals surface area contributed by atoms with E-state index in [0.29, 0.717) is 12.2 Å². The van der Waals surface area contributed by atoms with Crippen LogP contribution in [-0.2, 0) is 33.7 Å². The zero-order chi connectivity index (χ0) is 30.9. The molecule has 1 heterocycles. The molecule has 1 atom stereocenters. The monoisotopic (exact) mass is 593 g/mol. The summed E-state index contributed by atoms with van der Waals surface area (Å²) >= 11 is 0. The van der Waals surface area contributed by atoms with Crippen LogP contribution in [0.15, 0.2) is 12.1 Å². The van der Waals surface area contributed by atoms with E-state index < -0.39 is 5.97 Å². The summed E-state index contributed by atoms with van der Waals surface area (Å²) in [6, 6.07) is 6.54. The van der Waals surface area contributed by atoms with Gasteiger partial charge in [-0.05, 0) is 68.2 Å². The second kappa shape index (κ2) is 19.3. The van der Waals surface area contributed by atoms with Crippen LogP contribution in [0, 0.1) is 11.3 Å². The first kappa shape index (κ1) is 34.5. The largest absolute Gasteiger partial charge is 0.482 e. The summed E-state index contributed by atoms with van der Waals surface area (Å²) in [5.74, 6) is 0.155. The number of likely N-dealkylation sites (N-methyl/N-ethyl adjacent to an activating group) is 1. The summed E-state index contributed by atoms with van der Waals surface area (Å²) in [4.78, 5) is 25.0. The van der Waals surface area contributed by atoms with Crippen molar-refractivity contribution in [1.29, 1.82) is 5.26 Å². The number of nitrogens with one attached hydrogen (secondary N) is 1. The lowest BCUT2D eigenvalue weighted by Crippen LogP contribution is -2.28. The Kier molecular flexibility index (Phi) is 15.5. The number of amides is 1. The van der Waals surface area contributed by atoms with E-state index in [-0.39, 0.29) is 18.4 Å². The fraction of sp³-hybridized carbons (Fsp3) is 0.694. The number of ether oxygens (including phenoxy) is 2. The number of methoxy groups -OCH3 is 1. The molecule has 1 N–H and O–H groups in total. The van der Waals surface area contributed by atoms with Gasteiger partial charge >= 0.3 is 5.97 Å². The van der Waals surface area contributed by atoms with Crippen LogP contribution in [0.3, 0.4) is 0 Å². The number of aryl methyl sites for hydroxylation is 2. The van der Waals surface area contributed by atoms with Crippen LogP contribution in [0.4, 0.5) is 0 Å². The third kappa shape index (κ3) is 10.3. The molecule has 0 aliphatic heterocycles. The topological polar surface area (TPSA) is 93.3 Å². The number of carbonyl (C=O) groups excluding carboxylic acids is 2. The summed E-state index contributed by atoms with van der Waals surface area (Å²) in [6.07, 6.45) is 21.4. The van der Waals surface area contributed by atoms with Gasteiger partial charge in [-0.3, -0.25) is 4.79 Å². The Morgan fingerprint density at radius 1 is 0.977 bits per heavy atom. The lowest BCUT2D eigenvalue weighted by atomic mass is 9.84. The Hall–Kier alpha value is -3.01. The fourth-order valence-electron chi connectivity index (χ4n) is 6.62. The Labute approximate surface area is 259 Å². The number of nitrogens with zero attached hydrogens (tertiary/aromatic N) is 2. The van der Waals surface area contributed by atoms with Crippen molar-refractivity contribution < 1.29 is 19.1 Å². The van der Waals surface area contributed by atoms with Crippen LogP contribution < -0.4 is 10.1 Å². The highest BCUT2D eigenvalue weighted by atomic mass is 16.6. The van der Waals surface area contributed by atoms with Crippen molar-refractivity contribution in [3.8, 4) is 11.8 Å². The van der Waals surface area contributed by atoms with E-state index >= 15 is 0 Å². The smallest absolute Gasteiger partial charge is 0.343 e. The second-order valence-corrected chi connectivity index (χ2v) is 12.2. The Balaban J connectivity index is 1.81. The first-order valence-corrected chi connectivity index (χ1v) is 17.0. The number of hydrogen-bond acceptors (Lipinski definition) is 5.